The lowest BCUT2D eigenvalue weighted by Gasteiger charge is -2.15. The minimum Gasteiger partial charge on any atom is -0.490 e. The number of methoxy groups -OCH3 is 1. The van der Waals surface area contributed by atoms with Crippen LogP contribution in [-0.4, -0.2) is 36.4 Å². The number of halogens is 1. The van der Waals surface area contributed by atoms with E-state index in [1.165, 1.54) is 25.3 Å². The summed E-state index contributed by atoms with van der Waals surface area (Å²) < 4.78 is 4.87. The smallest absolute Gasteiger partial charge is 0.312 e. The van der Waals surface area contributed by atoms with E-state index >= 15 is 0 Å². The summed E-state index contributed by atoms with van der Waals surface area (Å²) >= 11 is 0. The average molecular weight is 361 g/mol. The Morgan fingerprint density at radius 2 is 2.00 bits per heavy atom. The molecule has 0 spiro atoms. The summed E-state index contributed by atoms with van der Waals surface area (Å²) in [5, 5.41) is 15.8. The summed E-state index contributed by atoms with van der Waals surface area (Å²) in [4.78, 5) is 33.7. The van der Waals surface area contributed by atoms with Crippen molar-refractivity contribution in [2.75, 3.05) is 19.0 Å². The molecule has 1 aromatic carbocycles. The topological polar surface area (TPSA) is 137 Å². The second kappa shape index (κ2) is 9.68. The largest absolute Gasteiger partial charge is 0.490 e. The molecule has 0 aromatic heterocycles. The number of carbonyl (C=O) groups excluding carboxylic acids is 2. The highest BCUT2D eigenvalue weighted by Gasteiger charge is 2.19. The van der Waals surface area contributed by atoms with Crippen LogP contribution in [0.1, 0.15) is 13.8 Å². The third-order valence-electron chi connectivity index (χ3n) is 3.10. The highest BCUT2D eigenvalue weighted by atomic mass is 35.5. The fraction of sp³-hybridized carbons (Fsp3) is 0.429. The first-order valence-electron chi connectivity index (χ1n) is 6.91. The summed E-state index contributed by atoms with van der Waals surface area (Å²) in [7, 11) is 1.31. The Hall–Kier alpha value is -2.39. The normalized spacial score (nSPS) is 11.2. The molecule has 0 unspecified atom stereocenters. The van der Waals surface area contributed by atoms with Crippen LogP contribution in [0.4, 0.5) is 11.4 Å². The molecule has 0 fully saturated rings. The second-order valence-electron chi connectivity index (χ2n) is 5.18. The van der Waals surface area contributed by atoms with Crippen molar-refractivity contribution in [2.45, 2.75) is 19.9 Å². The van der Waals surface area contributed by atoms with Gasteiger partial charge in [0.05, 0.1) is 24.6 Å². The van der Waals surface area contributed by atoms with Gasteiger partial charge in [0.2, 0.25) is 11.8 Å². The number of amides is 2. The Morgan fingerprint density at radius 1 is 1.38 bits per heavy atom. The van der Waals surface area contributed by atoms with E-state index in [1.807, 2.05) is 0 Å². The van der Waals surface area contributed by atoms with E-state index in [1.54, 1.807) is 13.8 Å². The van der Waals surface area contributed by atoms with Crippen LogP contribution in [-0.2, 0) is 9.59 Å². The lowest BCUT2D eigenvalue weighted by atomic mass is 10.1. The number of rotatable bonds is 7. The van der Waals surface area contributed by atoms with Crippen molar-refractivity contribution in [2.24, 2.45) is 11.7 Å². The fourth-order valence-corrected chi connectivity index (χ4v) is 1.70. The summed E-state index contributed by atoms with van der Waals surface area (Å²) in [5.74, 6) is -0.920. The molecule has 24 heavy (non-hydrogen) atoms. The fourth-order valence-electron chi connectivity index (χ4n) is 1.70. The number of carbonyl (C=O) groups is 2. The van der Waals surface area contributed by atoms with E-state index in [-0.39, 0.29) is 42.0 Å². The molecule has 0 aliphatic rings. The van der Waals surface area contributed by atoms with Crippen LogP contribution < -0.4 is 21.1 Å². The second-order valence-corrected chi connectivity index (χ2v) is 5.18. The molecular formula is C14H21ClN4O5. The number of anilines is 1. The van der Waals surface area contributed by atoms with Crippen LogP contribution in [0.5, 0.6) is 5.75 Å². The minimum atomic E-state index is -0.704. The summed E-state index contributed by atoms with van der Waals surface area (Å²) in [6.45, 7) is 3.31. The number of nitro groups is 1. The quantitative estimate of drug-likeness (QED) is 0.491. The van der Waals surface area contributed by atoms with Gasteiger partial charge in [0, 0.05) is 11.8 Å². The zero-order valence-corrected chi connectivity index (χ0v) is 14.4. The van der Waals surface area contributed by atoms with E-state index in [4.69, 9.17) is 10.5 Å². The molecule has 0 bridgehead atoms. The van der Waals surface area contributed by atoms with Crippen LogP contribution in [0.15, 0.2) is 18.2 Å². The molecular weight excluding hydrogens is 340 g/mol. The van der Waals surface area contributed by atoms with Gasteiger partial charge in [-0.1, -0.05) is 13.8 Å². The van der Waals surface area contributed by atoms with Crippen LogP contribution in [0.25, 0.3) is 0 Å². The van der Waals surface area contributed by atoms with Crippen molar-refractivity contribution < 1.29 is 19.2 Å². The van der Waals surface area contributed by atoms with E-state index in [0.717, 1.165) is 0 Å². The number of hydrogen-bond donors (Lipinski definition) is 3. The van der Waals surface area contributed by atoms with Gasteiger partial charge < -0.3 is 21.1 Å². The molecule has 9 nitrogen and oxygen atoms in total. The first-order valence-corrected chi connectivity index (χ1v) is 6.91. The molecule has 134 valence electrons. The molecule has 0 saturated carbocycles. The third kappa shape index (κ3) is 6.01. The van der Waals surface area contributed by atoms with E-state index < -0.39 is 22.8 Å². The average Bonchev–Trinajstić information content (AvgIpc) is 2.51. The zero-order chi connectivity index (χ0) is 17.6. The summed E-state index contributed by atoms with van der Waals surface area (Å²) in [6, 6.07) is 3.31. The Labute approximate surface area is 145 Å². The molecule has 10 heteroatoms. The van der Waals surface area contributed by atoms with Crippen molar-refractivity contribution in [3.63, 3.8) is 0 Å². The van der Waals surface area contributed by atoms with Gasteiger partial charge in [-0.25, -0.2) is 0 Å². The van der Waals surface area contributed by atoms with Gasteiger partial charge in [-0.3, -0.25) is 19.7 Å². The Bertz CT molecular complexity index is 609. The number of nitro benzene ring substituents is 1. The van der Waals surface area contributed by atoms with Crippen LogP contribution >= 0.6 is 12.4 Å². The Morgan fingerprint density at radius 3 is 2.50 bits per heavy atom. The molecule has 0 saturated heterocycles. The predicted molar refractivity (Wildman–Crippen MR) is 91.3 cm³/mol. The van der Waals surface area contributed by atoms with Gasteiger partial charge in [-0.2, -0.15) is 0 Å². The standard InChI is InChI=1S/C14H20N4O5.ClH/c1-8(2)13(15)14(20)16-7-12(19)17-9-4-5-11(23-3)10(6-9)18(21)22;/h4-6,8,13H,7,15H2,1-3H3,(H,16,20)(H,17,19);1H/t13-;/m0./s1. The number of nitrogens with two attached hydrogens (primary N) is 1. The molecule has 0 aliphatic heterocycles. The molecule has 0 radical (unpaired) electrons. The third-order valence-corrected chi connectivity index (χ3v) is 3.10. The summed E-state index contributed by atoms with van der Waals surface area (Å²) in [5.41, 5.74) is 5.61. The number of nitrogens with zero attached hydrogens (tertiary/aromatic N) is 1. The van der Waals surface area contributed by atoms with Gasteiger partial charge in [-0.15, -0.1) is 12.4 Å². The lowest BCUT2D eigenvalue weighted by molar-refractivity contribution is -0.385. The first-order chi connectivity index (χ1) is 10.8. The van der Waals surface area contributed by atoms with Crippen LogP contribution in [0, 0.1) is 16.0 Å². The van der Waals surface area contributed by atoms with Crippen molar-refractivity contribution in [1.82, 2.24) is 5.32 Å². The zero-order valence-electron chi connectivity index (χ0n) is 13.6. The van der Waals surface area contributed by atoms with Gasteiger partial charge in [-0.05, 0) is 18.1 Å². The van der Waals surface area contributed by atoms with Gasteiger partial charge >= 0.3 is 5.69 Å². The first kappa shape index (κ1) is 21.6. The molecule has 1 atom stereocenters. The number of nitrogens with one attached hydrogen (secondary N) is 2. The van der Waals surface area contributed by atoms with Crippen molar-refractivity contribution in [3.05, 3.63) is 28.3 Å². The van der Waals surface area contributed by atoms with Crippen LogP contribution in [0.2, 0.25) is 0 Å². The van der Waals surface area contributed by atoms with E-state index in [9.17, 15) is 19.7 Å². The monoisotopic (exact) mass is 360 g/mol. The van der Waals surface area contributed by atoms with Gasteiger partial charge in [0.15, 0.2) is 5.75 Å². The summed E-state index contributed by atoms with van der Waals surface area (Å²) in [6.07, 6.45) is 0. The highest BCUT2D eigenvalue weighted by Crippen LogP contribution is 2.29. The number of hydrogen-bond acceptors (Lipinski definition) is 6. The minimum absolute atomic E-state index is 0. The Balaban J connectivity index is 0.00000529. The van der Waals surface area contributed by atoms with Gasteiger partial charge in [0.1, 0.15) is 0 Å². The Kier molecular flexibility index (Phi) is 8.72. The molecule has 4 N–H and O–H groups in total. The van der Waals surface area contributed by atoms with E-state index in [2.05, 4.69) is 10.6 Å². The highest BCUT2D eigenvalue weighted by molar-refractivity contribution is 5.95. The van der Waals surface area contributed by atoms with Crippen molar-refractivity contribution in [1.29, 1.82) is 0 Å². The van der Waals surface area contributed by atoms with Crippen molar-refractivity contribution >= 4 is 35.6 Å². The maximum Gasteiger partial charge on any atom is 0.312 e. The number of ether oxygens (including phenoxy) is 1. The molecule has 2 amide bonds. The maximum absolute atomic E-state index is 11.8. The number of benzene rings is 1. The molecule has 1 aromatic rings. The molecule has 0 heterocycles. The van der Waals surface area contributed by atoms with Gasteiger partial charge in [0.25, 0.3) is 0 Å². The van der Waals surface area contributed by atoms with Crippen molar-refractivity contribution in [3.8, 4) is 5.75 Å². The van der Waals surface area contributed by atoms with Crippen LogP contribution in [0.3, 0.4) is 0 Å². The SMILES string of the molecule is COc1ccc(NC(=O)CNC(=O)[C@@H](N)C(C)C)cc1[N+](=O)[O-].Cl. The molecule has 1 rings (SSSR count). The maximum atomic E-state index is 11.8. The predicted octanol–water partition coefficient (Wildman–Crippen LogP) is 1.06. The molecule has 0 aliphatic carbocycles. The lowest BCUT2D eigenvalue weighted by Crippen LogP contribution is -2.46. The van der Waals surface area contributed by atoms with E-state index in [0.29, 0.717) is 0 Å².